The first-order valence-electron chi connectivity index (χ1n) is 6.15. The van der Waals surface area contributed by atoms with Gasteiger partial charge in [-0.05, 0) is 37.5 Å². The molecule has 5 nitrogen and oxygen atoms in total. The summed E-state index contributed by atoms with van der Waals surface area (Å²) in [5.74, 6) is 0. The van der Waals surface area contributed by atoms with Crippen molar-refractivity contribution in [2.24, 2.45) is 5.73 Å². The highest BCUT2D eigenvalue weighted by molar-refractivity contribution is 5.87. The van der Waals surface area contributed by atoms with Gasteiger partial charge in [-0.1, -0.05) is 12.1 Å². The number of amides is 2. The number of hydrogen-bond donors (Lipinski definition) is 4. The second-order valence-corrected chi connectivity index (χ2v) is 4.82. The van der Waals surface area contributed by atoms with Crippen molar-refractivity contribution in [2.45, 2.75) is 38.0 Å². The van der Waals surface area contributed by atoms with Crippen LogP contribution in [-0.2, 0) is 0 Å². The molecular formula is C13H19N3O2. The van der Waals surface area contributed by atoms with Crippen LogP contribution in [0, 0.1) is 0 Å². The van der Waals surface area contributed by atoms with Gasteiger partial charge in [0.2, 0.25) is 0 Å². The number of benzene rings is 1. The van der Waals surface area contributed by atoms with Crippen molar-refractivity contribution in [3.05, 3.63) is 29.8 Å². The van der Waals surface area contributed by atoms with E-state index in [0.29, 0.717) is 11.7 Å². The van der Waals surface area contributed by atoms with Crippen LogP contribution in [0.25, 0.3) is 0 Å². The average molecular weight is 249 g/mol. The third-order valence-corrected chi connectivity index (χ3v) is 3.28. The molecule has 0 saturated heterocycles. The predicted molar refractivity (Wildman–Crippen MR) is 70.2 cm³/mol. The summed E-state index contributed by atoms with van der Waals surface area (Å²) in [6, 6.07) is 7.64. The Bertz CT molecular complexity index is 413. The molecule has 1 fully saturated rings. The van der Waals surface area contributed by atoms with E-state index in [2.05, 4.69) is 17.6 Å². The molecular weight excluding hydrogens is 230 g/mol. The number of carbonyl (C=O) groups is 1. The molecule has 5 heteroatoms. The minimum absolute atomic E-state index is 0.142. The zero-order chi connectivity index (χ0) is 13.1. The van der Waals surface area contributed by atoms with E-state index in [0.717, 1.165) is 18.4 Å². The monoisotopic (exact) mass is 249 g/mol. The lowest BCUT2D eigenvalue weighted by atomic mass is 9.88. The Balaban J connectivity index is 1.90. The van der Waals surface area contributed by atoms with E-state index in [9.17, 15) is 9.90 Å². The largest absolute Gasteiger partial charge is 0.393 e. The molecule has 1 aromatic rings. The third-order valence-electron chi connectivity index (χ3n) is 3.28. The fraction of sp³-hybridized carbons (Fsp3) is 0.462. The van der Waals surface area contributed by atoms with Crippen LogP contribution in [0.4, 0.5) is 10.5 Å². The molecule has 2 amide bonds. The van der Waals surface area contributed by atoms with Crippen LogP contribution in [0.15, 0.2) is 24.3 Å². The van der Waals surface area contributed by atoms with Gasteiger partial charge in [0.1, 0.15) is 0 Å². The average Bonchev–Trinajstić information content (AvgIpc) is 2.27. The van der Waals surface area contributed by atoms with Crippen molar-refractivity contribution < 1.29 is 9.90 Å². The van der Waals surface area contributed by atoms with Crippen molar-refractivity contribution in [3.63, 3.8) is 0 Å². The van der Waals surface area contributed by atoms with E-state index >= 15 is 0 Å². The molecule has 0 bridgehead atoms. The van der Waals surface area contributed by atoms with Crippen molar-refractivity contribution >= 4 is 11.7 Å². The molecule has 0 aromatic heterocycles. The maximum atomic E-state index is 10.7. The number of aliphatic hydroxyl groups is 1. The number of rotatable bonds is 4. The van der Waals surface area contributed by atoms with E-state index in [1.165, 1.54) is 0 Å². The summed E-state index contributed by atoms with van der Waals surface area (Å²) in [5.41, 5.74) is 6.88. The molecule has 18 heavy (non-hydrogen) atoms. The van der Waals surface area contributed by atoms with Crippen LogP contribution in [0.2, 0.25) is 0 Å². The highest BCUT2D eigenvalue weighted by atomic mass is 16.3. The van der Waals surface area contributed by atoms with Gasteiger partial charge in [0.05, 0.1) is 6.10 Å². The van der Waals surface area contributed by atoms with Crippen LogP contribution >= 0.6 is 0 Å². The van der Waals surface area contributed by atoms with Crippen LogP contribution < -0.4 is 16.4 Å². The Kier molecular flexibility index (Phi) is 3.84. The standard InChI is InChI=1S/C13H19N3O2/c1-8(15-11-6-12(17)7-11)9-2-4-10(5-3-9)16-13(14)18/h2-5,8,11-12,15,17H,6-7H2,1H3,(H3,14,16,18). The van der Waals surface area contributed by atoms with Crippen molar-refractivity contribution in [1.82, 2.24) is 5.32 Å². The topological polar surface area (TPSA) is 87.4 Å². The van der Waals surface area contributed by atoms with Crippen molar-refractivity contribution in [2.75, 3.05) is 5.32 Å². The van der Waals surface area contributed by atoms with Gasteiger partial charge in [-0.2, -0.15) is 0 Å². The number of urea groups is 1. The molecule has 0 spiro atoms. The number of carbonyl (C=O) groups excluding carboxylic acids is 1. The lowest BCUT2D eigenvalue weighted by Crippen LogP contribution is -2.45. The maximum Gasteiger partial charge on any atom is 0.316 e. The summed E-state index contributed by atoms with van der Waals surface area (Å²) in [6.45, 7) is 2.08. The van der Waals surface area contributed by atoms with Crippen LogP contribution in [0.1, 0.15) is 31.4 Å². The zero-order valence-corrected chi connectivity index (χ0v) is 10.4. The Hall–Kier alpha value is -1.59. The number of anilines is 1. The number of hydrogen-bond acceptors (Lipinski definition) is 3. The molecule has 0 aliphatic heterocycles. The second kappa shape index (κ2) is 5.37. The van der Waals surface area contributed by atoms with Crippen LogP contribution in [-0.4, -0.2) is 23.3 Å². The van der Waals surface area contributed by atoms with Gasteiger partial charge in [-0.15, -0.1) is 0 Å². The van der Waals surface area contributed by atoms with E-state index in [1.54, 1.807) is 0 Å². The van der Waals surface area contributed by atoms with Gasteiger partial charge >= 0.3 is 6.03 Å². The second-order valence-electron chi connectivity index (χ2n) is 4.82. The SMILES string of the molecule is CC(NC1CC(O)C1)c1ccc(NC(N)=O)cc1. The first-order valence-corrected chi connectivity index (χ1v) is 6.15. The molecule has 1 aliphatic carbocycles. The molecule has 1 aliphatic rings. The quantitative estimate of drug-likeness (QED) is 0.649. The van der Waals surface area contributed by atoms with Gasteiger partial charge < -0.3 is 21.5 Å². The number of primary amides is 1. The van der Waals surface area contributed by atoms with Gasteiger partial charge in [0, 0.05) is 17.8 Å². The van der Waals surface area contributed by atoms with Crippen molar-refractivity contribution in [1.29, 1.82) is 0 Å². The van der Waals surface area contributed by atoms with E-state index < -0.39 is 6.03 Å². The summed E-state index contributed by atoms with van der Waals surface area (Å²) in [5, 5.41) is 15.2. The van der Waals surface area contributed by atoms with E-state index in [1.807, 2.05) is 24.3 Å². The Labute approximate surface area is 106 Å². The molecule has 1 unspecified atom stereocenters. The third kappa shape index (κ3) is 3.21. The molecule has 5 N–H and O–H groups in total. The number of nitrogens with one attached hydrogen (secondary N) is 2. The lowest BCUT2D eigenvalue weighted by molar-refractivity contribution is 0.0586. The number of nitrogens with two attached hydrogens (primary N) is 1. The van der Waals surface area contributed by atoms with Crippen molar-refractivity contribution in [3.8, 4) is 0 Å². The molecule has 1 saturated carbocycles. The molecule has 1 atom stereocenters. The summed E-state index contributed by atoms with van der Waals surface area (Å²) >= 11 is 0. The minimum Gasteiger partial charge on any atom is -0.393 e. The van der Waals surface area contributed by atoms with Gasteiger partial charge in [-0.3, -0.25) is 0 Å². The van der Waals surface area contributed by atoms with Gasteiger partial charge in [0.25, 0.3) is 0 Å². The van der Waals surface area contributed by atoms with Crippen LogP contribution in [0.3, 0.4) is 0 Å². The normalized spacial score (nSPS) is 24.1. The first kappa shape index (κ1) is 12.9. The summed E-state index contributed by atoms with van der Waals surface area (Å²) < 4.78 is 0. The minimum atomic E-state index is -0.558. The Morgan fingerprint density at radius 3 is 2.50 bits per heavy atom. The predicted octanol–water partition coefficient (Wildman–Crippen LogP) is 1.35. The Morgan fingerprint density at radius 2 is 2.00 bits per heavy atom. The van der Waals surface area contributed by atoms with E-state index in [-0.39, 0.29) is 12.1 Å². The molecule has 0 radical (unpaired) electrons. The zero-order valence-electron chi connectivity index (χ0n) is 10.4. The summed E-state index contributed by atoms with van der Waals surface area (Å²) in [6.07, 6.45) is 1.51. The highest BCUT2D eigenvalue weighted by Gasteiger charge is 2.28. The molecule has 0 heterocycles. The van der Waals surface area contributed by atoms with E-state index in [4.69, 9.17) is 5.73 Å². The van der Waals surface area contributed by atoms with Gasteiger partial charge in [-0.25, -0.2) is 4.79 Å². The fourth-order valence-electron chi connectivity index (χ4n) is 2.17. The van der Waals surface area contributed by atoms with Gasteiger partial charge in [0.15, 0.2) is 0 Å². The summed E-state index contributed by atoms with van der Waals surface area (Å²) in [7, 11) is 0. The Morgan fingerprint density at radius 1 is 1.39 bits per heavy atom. The molecule has 1 aromatic carbocycles. The maximum absolute atomic E-state index is 10.7. The molecule has 2 rings (SSSR count). The van der Waals surface area contributed by atoms with Crippen LogP contribution in [0.5, 0.6) is 0 Å². The fourth-order valence-corrected chi connectivity index (χ4v) is 2.17. The summed E-state index contributed by atoms with van der Waals surface area (Å²) in [4.78, 5) is 10.7. The first-order chi connectivity index (χ1) is 8.54. The highest BCUT2D eigenvalue weighted by Crippen LogP contribution is 2.24. The number of aliphatic hydroxyl groups excluding tert-OH is 1. The smallest absolute Gasteiger partial charge is 0.316 e. The lowest BCUT2D eigenvalue weighted by Gasteiger charge is -2.34. The molecule has 98 valence electrons.